The molecule has 100 valence electrons. The Bertz CT molecular complexity index is 391. The maximum Gasteiger partial charge on any atom is 0.114 e. The topological polar surface area (TPSA) is 9.23 Å². The molecule has 1 heterocycles. The fraction of sp³-hybridized carbons (Fsp3) is 0.867. The standard InChI is InChI=1S/C15H21ClOS/c1-14(2)12(16)13(18-17-14)15-6-9-3-10(7-15)5-11(4-9)8-15/h9-11H,3-8H2,1-2H3. The van der Waals surface area contributed by atoms with Gasteiger partial charge in [0, 0.05) is 22.4 Å². The molecular weight excluding hydrogens is 264 g/mol. The largest absolute Gasteiger partial charge is 0.299 e. The summed E-state index contributed by atoms with van der Waals surface area (Å²) in [6.07, 6.45) is 8.57. The van der Waals surface area contributed by atoms with Crippen molar-refractivity contribution in [3.8, 4) is 0 Å². The second-order valence-electron chi connectivity index (χ2n) is 7.52. The summed E-state index contributed by atoms with van der Waals surface area (Å²) in [4.78, 5) is 1.40. The molecule has 18 heavy (non-hydrogen) atoms. The minimum Gasteiger partial charge on any atom is -0.299 e. The Morgan fingerprint density at radius 3 is 1.94 bits per heavy atom. The molecule has 4 fully saturated rings. The van der Waals surface area contributed by atoms with Crippen LogP contribution in [-0.4, -0.2) is 5.60 Å². The highest BCUT2D eigenvalue weighted by atomic mass is 35.5. The maximum atomic E-state index is 6.64. The van der Waals surface area contributed by atoms with Crippen LogP contribution in [0.1, 0.15) is 52.4 Å². The molecule has 4 aliphatic carbocycles. The van der Waals surface area contributed by atoms with E-state index in [1.807, 2.05) is 0 Å². The van der Waals surface area contributed by atoms with Gasteiger partial charge in [0.1, 0.15) is 5.60 Å². The molecule has 0 aromatic rings. The molecule has 0 amide bonds. The lowest BCUT2D eigenvalue weighted by atomic mass is 9.49. The van der Waals surface area contributed by atoms with Gasteiger partial charge in [-0.3, -0.25) is 4.18 Å². The van der Waals surface area contributed by atoms with Crippen LogP contribution < -0.4 is 0 Å². The van der Waals surface area contributed by atoms with E-state index in [2.05, 4.69) is 13.8 Å². The Labute approximate surface area is 119 Å². The van der Waals surface area contributed by atoms with Crippen LogP contribution in [0.3, 0.4) is 0 Å². The maximum absolute atomic E-state index is 6.64. The first-order valence-electron chi connectivity index (χ1n) is 7.25. The molecule has 0 saturated heterocycles. The van der Waals surface area contributed by atoms with Gasteiger partial charge in [0.2, 0.25) is 0 Å². The molecule has 4 saturated carbocycles. The summed E-state index contributed by atoms with van der Waals surface area (Å²) >= 11 is 8.23. The summed E-state index contributed by atoms with van der Waals surface area (Å²) in [5, 5.41) is 0.995. The van der Waals surface area contributed by atoms with Crippen LogP contribution in [0, 0.1) is 23.2 Å². The molecule has 4 bridgehead atoms. The number of halogens is 1. The van der Waals surface area contributed by atoms with Gasteiger partial charge < -0.3 is 0 Å². The summed E-state index contributed by atoms with van der Waals surface area (Å²) in [6, 6.07) is 0. The van der Waals surface area contributed by atoms with E-state index in [0.29, 0.717) is 5.41 Å². The average molecular weight is 285 g/mol. The van der Waals surface area contributed by atoms with E-state index in [0.717, 1.165) is 22.8 Å². The molecule has 0 unspecified atom stereocenters. The summed E-state index contributed by atoms with van der Waals surface area (Å²) in [7, 11) is 0. The zero-order chi connectivity index (χ0) is 12.5. The fourth-order valence-corrected chi connectivity index (χ4v) is 6.70. The van der Waals surface area contributed by atoms with Gasteiger partial charge >= 0.3 is 0 Å². The van der Waals surface area contributed by atoms with Crippen molar-refractivity contribution in [1.29, 1.82) is 0 Å². The van der Waals surface area contributed by atoms with Gasteiger partial charge in [0.05, 0.1) is 5.03 Å². The van der Waals surface area contributed by atoms with Crippen LogP contribution in [0.15, 0.2) is 9.94 Å². The number of rotatable bonds is 1. The SMILES string of the molecule is CC1(C)OSC(C23CC4CC(CC(C4)C2)C3)=C1Cl. The van der Waals surface area contributed by atoms with Crippen LogP contribution in [-0.2, 0) is 4.18 Å². The molecule has 0 spiro atoms. The highest BCUT2D eigenvalue weighted by molar-refractivity contribution is 7.99. The van der Waals surface area contributed by atoms with Crippen molar-refractivity contribution in [1.82, 2.24) is 0 Å². The molecule has 5 aliphatic rings. The van der Waals surface area contributed by atoms with Crippen molar-refractivity contribution in [2.24, 2.45) is 23.2 Å². The predicted octanol–water partition coefficient (Wildman–Crippen LogP) is 5.11. The van der Waals surface area contributed by atoms with Gasteiger partial charge in [-0.2, -0.15) is 0 Å². The van der Waals surface area contributed by atoms with Crippen LogP contribution in [0.4, 0.5) is 0 Å². The number of hydrogen-bond acceptors (Lipinski definition) is 2. The Hall–Kier alpha value is 0.340. The van der Waals surface area contributed by atoms with Crippen molar-refractivity contribution >= 4 is 23.6 Å². The molecule has 0 aromatic heterocycles. The van der Waals surface area contributed by atoms with E-state index >= 15 is 0 Å². The average Bonchev–Trinajstić information content (AvgIpc) is 2.52. The zero-order valence-electron chi connectivity index (χ0n) is 11.2. The van der Waals surface area contributed by atoms with Gasteiger partial charge in [-0.05, 0) is 70.1 Å². The lowest BCUT2D eigenvalue weighted by molar-refractivity contribution is -0.0260. The normalized spacial score (nSPS) is 49.2. The van der Waals surface area contributed by atoms with E-state index in [1.165, 1.54) is 43.4 Å². The zero-order valence-corrected chi connectivity index (χ0v) is 12.7. The summed E-state index contributed by atoms with van der Waals surface area (Å²) < 4.78 is 5.87. The van der Waals surface area contributed by atoms with Crippen molar-refractivity contribution in [3.63, 3.8) is 0 Å². The lowest BCUT2D eigenvalue weighted by Gasteiger charge is -2.57. The van der Waals surface area contributed by atoms with E-state index in [9.17, 15) is 0 Å². The Kier molecular flexibility index (Phi) is 2.49. The molecular formula is C15H21ClOS. The van der Waals surface area contributed by atoms with Crippen molar-refractivity contribution < 1.29 is 4.18 Å². The Morgan fingerprint density at radius 2 is 1.56 bits per heavy atom. The van der Waals surface area contributed by atoms with Gasteiger partial charge in [0.25, 0.3) is 0 Å². The second kappa shape index (κ2) is 3.71. The highest BCUT2D eigenvalue weighted by Gasteiger charge is 2.55. The molecule has 1 nitrogen and oxygen atoms in total. The van der Waals surface area contributed by atoms with Crippen LogP contribution in [0.2, 0.25) is 0 Å². The van der Waals surface area contributed by atoms with Gasteiger partial charge in [0.15, 0.2) is 0 Å². The minimum atomic E-state index is -0.273. The second-order valence-corrected chi connectivity index (χ2v) is 8.64. The van der Waals surface area contributed by atoms with E-state index in [1.54, 1.807) is 12.0 Å². The highest BCUT2D eigenvalue weighted by Crippen LogP contribution is 2.67. The van der Waals surface area contributed by atoms with Crippen molar-refractivity contribution in [2.75, 3.05) is 0 Å². The van der Waals surface area contributed by atoms with Gasteiger partial charge in [-0.1, -0.05) is 11.6 Å². The molecule has 0 aromatic carbocycles. The van der Waals surface area contributed by atoms with Gasteiger partial charge in [-0.15, -0.1) is 0 Å². The Morgan fingerprint density at radius 1 is 1.06 bits per heavy atom. The predicted molar refractivity (Wildman–Crippen MR) is 76.2 cm³/mol. The van der Waals surface area contributed by atoms with E-state index < -0.39 is 0 Å². The first-order valence-corrected chi connectivity index (χ1v) is 8.37. The third kappa shape index (κ3) is 1.58. The lowest BCUT2D eigenvalue weighted by Crippen LogP contribution is -2.46. The summed E-state index contributed by atoms with van der Waals surface area (Å²) in [6.45, 7) is 4.19. The van der Waals surface area contributed by atoms with Crippen LogP contribution in [0.5, 0.6) is 0 Å². The third-order valence-corrected chi connectivity index (χ3v) is 7.64. The first-order chi connectivity index (χ1) is 8.48. The van der Waals surface area contributed by atoms with Crippen molar-refractivity contribution in [3.05, 3.63) is 9.94 Å². The molecule has 3 heteroatoms. The first kappa shape index (κ1) is 12.1. The van der Waals surface area contributed by atoms with Crippen molar-refractivity contribution in [2.45, 2.75) is 58.0 Å². The Balaban J connectivity index is 1.75. The van der Waals surface area contributed by atoms with E-state index in [4.69, 9.17) is 15.8 Å². The quantitative estimate of drug-likeness (QED) is 0.619. The number of hydrogen-bond donors (Lipinski definition) is 0. The van der Waals surface area contributed by atoms with Crippen LogP contribution >= 0.6 is 23.6 Å². The third-order valence-electron chi connectivity index (χ3n) is 5.58. The molecule has 0 radical (unpaired) electrons. The number of allylic oxidation sites excluding steroid dienone is 1. The van der Waals surface area contributed by atoms with Crippen LogP contribution in [0.25, 0.3) is 0 Å². The smallest absolute Gasteiger partial charge is 0.114 e. The monoisotopic (exact) mass is 284 g/mol. The van der Waals surface area contributed by atoms with Gasteiger partial charge in [-0.25, -0.2) is 0 Å². The fourth-order valence-electron chi connectivity index (χ4n) is 5.20. The molecule has 1 aliphatic heterocycles. The molecule has 0 atom stereocenters. The summed E-state index contributed by atoms with van der Waals surface area (Å²) in [5.41, 5.74) is 0.120. The minimum absolute atomic E-state index is 0.273. The summed E-state index contributed by atoms with van der Waals surface area (Å²) in [5.74, 6) is 2.91. The molecule has 0 N–H and O–H groups in total. The van der Waals surface area contributed by atoms with E-state index in [-0.39, 0.29) is 5.60 Å². The molecule has 5 rings (SSSR count).